The van der Waals surface area contributed by atoms with Crippen molar-refractivity contribution >= 4 is 22.3 Å². The topological polar surface area (TPSA) is 67.1 Å². The molecule has 19 heavy (non-hydrogen) atoms. The Bertz CT molecular complexity index is 572. The first-order chi connectivity index (χ1) is 9.04. The third-order valence-corrected chi connectivity index (χ3v) is 3.96. The number of hydrogen-bond acceptors (Lipinski definition) is 5. The van der Waals surface area contributed by atoms with Gasteiger partial charge in [0.1, 0.15) is 6.61 Å². The number of carboxylic acid groups (broad SMARTS) is 1. The van der Waals surface area contributed by atoms with E-state index < -0.39 is 5.97 Å². The molecule has 0 unspecified atom stereocenters. The smallest absolute Gasteiger partial charge is 0.329 e. The number of nitrogens with zero attached hydrogens (tertiary/aromatic N) is 3. The highest BCUT2D eigenvalue weighted by Gasteiger charge is 2.40. The van der Waals surface area contributed by atoms with E-state index in [1.54, 1.807) is 11.3 Å². The Hall–Kier alpha value is -1.44. The van der Waals surface area contributed by atoms with Crippen LogP contribution in [0.1, 0.15) is 12.6 Å². The van der Waals surface area contributed by atoms with Gasteiger partial charge in [0.05, 0.1) is 11.3 Å². The number of imidazole rings is 1. The minimum absolute atomic E-state index is 0.232. The van der Waals surface area contributed by atoms with Crippen LogP contribution in [0.25, 0.3) is 4.96 Å². The molecule has 7 heteroatoms. The Morgan fingerprint density at radius 3 is 3.11 bits per heavy atom. The molecule has 0 bridgehead atoms. The normalized spacial score (nSPS) is 18.6. The Morgan fingerprint density at radius 1 is 1.63 bits per heavy atom. The summed E-state index contributed by atoms with van der Waals surface area (Å²) >= 11 is 1.62. The monoisotopic (exact) mass is 281 g/mol. The van der Waals surface area contributed by atoms with Crippen molar-refractivity contribution in [2.24, 2.45) is 0 Å². The summed E-state index contributed by atoms with van der Waals surface area (Å²) in [6.07, 6.45) is 4.02. The quantitative estimate of drug-likeness (QED) is 0.888. The van der Waals surface area contributed by atoms with Crippen LogP contribution in [-0.4, -0.2) is 50.7 Å². The molecule has 0 aliphatic carbocycles. The van der Waals surface area contributed by atoms with Crippen LogP contribution in [0.4, 0.5) is 0 Å². The first-order valence-electron chi connectivity index (χ1n) is 6.03. The van der Waals surface area contributed by atoms with E-state index in [-0.39, 0.29) is 12.2 Å². The zero-order valence-electron chi connectivity index (χ0n) is 10.6. The molecule has 1 aliphatic rings. The molecule has 6 nitrogen and oxygen atoms in total. The maximum Gasteiger partial charge on any atom is 0.329 e. The maximum absolute atomic E-state index is 10.5. The molecule has 0 atom stereocenters. The highest BCUT2D eigenvalue weighted by atomic mass is 32.1. The number of rotatable bonds is 5. The van der Waals surface area contributed by atoms with Crippen molar-refractivity contribution in [2.45, 2.75) is 19.1 Å². The number of thiazole rings is 1. The first kappa shape index (κ1) is 12.6. The lowest BCUT2D eigenvalue weighted by atomic mass is 9.96. The number of ether oxygens (including phenoxy) is 1. The third kappa shape index (κ3) is 2.63. The zero-order chi connectivity index (χ0) is 13.5. The van der Waals surface area contributed by atoms with Gasteiger partial charge in [-0.2, -0.15) is 0 Å². The highest BCUT2D eigenvalue weighted by molar-refractivity contribution is 7.15. The Kier molecular flexibility index (Phi) is 3.04. The Balaban J connectivity index is 1.53. The van der Waals surface area contributed by atoms with Crippen molar-refractivity contribution in [2.75, 3.05) is 19.7 Å². The summed E-state index contributed by atoms with van der Waals surface area (Å²) in [7, 11) is 0. The van der Waals surface area contributed by atoms with Crippen LogP contribution in [0.5, 0.6) is 0 Å². The summed E-state index contributed by atoms with van der Waals surface area (Å²) in [4.78, 5) is 18.2. The average molecular weight is 281 g/mol. The van der Waals surface area contributed by atoms with Gasteiger partial charge in [0.25, 0.3) is 0 Å². The molecule has 3 heterocycles. The number of hydrogen-bond donors (Lipinski definition) is 1. The van der Waals surface area contributed by atoms with E-state index >= 15 is 0 Å². The molecule has 2 aromatic heterocycles. The van der Waals surface area contributed by atoms with E-state index in [1.807, 2.05) is 29.1 Å². The van der Waals surface area contributed by atoms with Crippen LogP contribution < -0.4 is 0 Å². The summed E-state index contributed by atoms with van der Waals surface area (Å²) in [5, 5.41) is 10.6. The van der Waals surface area contributed by atoms with Crippen LogP contribution in [0.15, 0.2) is 17.8 Å². The summed E-state index contributed by atoms with van der Waals surface area (Å²) in [6.45, 7) is 3.97. The minimum Gasteiger partial charge on any atom is -0.480 e. The molecule has 0 saturated carbocycles. The molecule has 0 aromatic carbocycles. The number of aromatic nitrogens is 2. The van der Waals surface area contributed by atoms with Crippen molar-refractivity contribution in [1.29, 1.82) is 0 Å². The molecule has 1 N–H and O–H groups in total. The van der Waals surface area contributed by atoms with Gasteiger partial charge >= 0.3 is 5.97 Å². The van der Waals surface area contributed by atoms with Crippen LogP contribution in [-0.2, 0) is 16.1 Å². The minimum atomic E-state index is -0.922. The standard InChI is InChI=1S/C12H15N3O3S/c1-12(18-6-10(16)17)7-14(8-12)4-9-5-15-2-3-19-11(15)13-9/h2-3,5H,4,6-8H2,1H3,(H,16,17). The molecule has 2 aromatic rings. The van der Waals surface area contributed by atoms with Gasteiger partial charge < -0.3 is 9.84 Å². The van der Waals surface area contributed by atoms with Gasteiger partial charge in [-0.3, -0.25) is 9.30 Å². The molecule has 1 aliphatic heterocycles. The van der Waals surface area contributed by atoms with Crippen molar-refractivity contribution in [3.8, 4) is 0 Å². The van der Waals surface area contributed by atoms with Gasteiger partial charge in [0.15, 0.2) is 4.96 Å². The number of aliphatic carboxylic acids is 1. The summed E-state index contributed by atoms with van der Waals surface area (Å²) in [5.41, 5.74) is 0.697. The van der Waals surface area contributed by atoms with Crippen LogP contribution in [0.2, 0.25) is 0 Å². The summed E-state index contributed by atoms with van der Waals surface area (Å²) in [5.74, 6) is -0.922. The average Bonchev–Trinajstić information content (AvgIpc) is 2.84. The fourth-order valence-corrected chi connectivity index (χ4v) is 3.14. The lowest BCUT2D eigenvalue weighted by Gasteiger charge is -2.47. The second-order valence-electron chi connectivity index (χ2n) is 5.10. The molecule has 3 rings (SSSR count). The third-order valence-electron chi connectivity index (χ3n) is 3.19. The first-order valence-corrected chi connectivity index (χ1v) is 6.91. The molecule has 0 amide bonds. The molecular formula is C12H15N3O3S. The van der Waals surface area contributed by atoms with E-state index in [0.717, 1.165) is 30.3 Å². The van der Waals surface area contributed by atoms with E-state index in [2.05, 4.69) is 9.88 Å². The number of carbonyl (C=O) groups is 1. The van der Waals surface area contributed by atoms with Crippen LogP contribution in [0.3, 0.4) is 0 Å². The Labute approximate surface area is 114 Å². The number of carboxylic acids is 1. The SMILES string of the molecule is CC1(OCC(=O)O)CN(Cc2cn3ccsc3n2)C1. The highest BCUT2D eigenvalue weighted by Crippen LogP contribution is 2.26. The fourth-order valence-electron chi connectivity index (χ4n) is 2.42. The van der Waals surface area contributed by atoms with Gasteiger partial charge in [0, 0.05) is 37.4 Å². The predicted octanol–water partition coefficient (Wildman–Crippen LogP) is 1.07. The van der Waals surface area contributed by atoms with Crippen LogP contribution in [0, 0.1) is 0 Å². The molecule has 0 radical (unpaired) electrons. The van der Waals surface area contributed by atoms with Gasteiger partial charge in [-0.25, -0.2) is 9.78 Å². The fraction of sp³-hybridized carbons (Fsp3) is 0.500. The van der Waals surface area contributed by atoms with E-state index in [0.29, 0.717) is 0 Å². The van der Waals surface area contributed by atoms with E-state index in [1.165, 1.54) is 0 Å². The van der Waals surface area contributed by atoms with Crippen LogP contribution >= 0.6 is 11.3 Å². The van der Waals surface area contributed by atoms with Crippen molar-refractivity contribution in [3.63, 3.8) is 0 Å². The number of fused-ring (bicyclic) bond motifs is 1. The molecule has 1 fully saturated rings. The van der Waals surface area contributed by atoms with Crippen molar-refractivity contribution in [1.82, 2.24) is 14.3 Å². The second kappa shape index (κ2) is 4.59. The maximum atomic E-state index is 10.5. The zero-order valence-corrected chi connectivity index (χ0v) is 11.4. The van der Waals surface area contributed by atoms with E-state index in [4.69, 9.17) is 9.84 Å². The molecule has 0 spiro atoms. The predicted molar refractivity (Wildman–Crippen MR) is 70.3 cm³/mol. The number of likely N-dealkylation sites (tertiary alicyclic amines) is 1. The second-order valence-corrected chi connectivity index (χ2v) is 5.98. The summed E-state index contributed by atoms with van der Waals surface area (Å²) in [6, 6.07) is 0. The van der Waals surface area contributed by atoms with Gasteiger partial charge in [0.2, 0.25) is 0 Å². The molecule has 102 valence electrons. The van der Waals surface area contributed by atoms with Gasteiger partial charge in [-0.05, 0) is 6.92 Å². The largest absolute Gasteiger partial charge is 0.480 e. The molecule has 1 saturated heterocycles. The van der Waals surface area contributed by atoms with Gasteiger partial charge in [-0.1, -0.05) is 0 Å². The van der Waals surface area contributed by atoms with Gasteiger partial charge in [-0.15, -0.1) is 11.3 Å². The Morgan fingerprint density at radius 2 is 2.42 bits per heavy atom. The van der Waals surface area contributed by atoms with E-state index in [9.17, 15) is 4.79 Å². The molecular weight excluding hydrogens is 266 g/mol. The lowest BCUT2D eigenvalue weighted by Crippen LogP contribution is -2.61. The van der Waals surface area contributed by atoms with Crippen molar-refractivity contribution in [3.05, 3.63) is 23.5 Å². The van der Waals surface area contributed by atoms with Crippen molar-refractivity contribution < 1.29 is 14.6 Å². The lowest BCUT2D eigenvalue weighted by molar-refractivity contribution is -0.165. The summed E-state index contributed by atoms with van der Waals surface area (Å²) < 4.78 is 7.39.